The third-order valence-electron chi connectivity index (χ3n) is 3.20. The molecule has 1 aromatic carbocycles. The lowest BCUT2D eigenvalue weighted by Gasteiger charge is -2.35. The minimum Gasteiger partial charge on any atom is -0.467 e. The van der Waals surface area contributed by atoms with E-state index in [1.807, 2.05) is 30.3 Å². The van der Waals surface area contributed by atoms with Crippen LogP contribution in [0.3, 0.4) is 0 Å². The number of ether oxygens (including phenoxy) is 2. The number of nitrogens with zero attached hydrogens (tertiary/aromatic N) is 1. The van der Waals surface area contributed by atoms with Gasteiger partial charge in [0.2, 0.25) is 0 Å². The van der Waals surface area contributed by atoms with Crippen LogP contribution in [0, 0.1) is 5.92 Å². The van der Waals surface area contributed by atoms with E-state index in [4.69, 9.17) is 9.57 Å². The van der Waals surface area contributed by atoms with E-state index in [0.717, 1.165) is 10.6 Å². The van der Waals surface area contributed by atoms with Crippen LogP contribution in [-0.2, 0) is 35.3 Å². The van der Waals surface area contributed by atoms with Crippen LogP contribution >= 0.6 is 0 Å². The Morgan fingerprint density at radius 1 is 1.23 bits per heavy atom. The Labute approximate surface area is 127 Å². The molecule has 1 atom stereocenters. The van der Waals surface area contributed by atoms with Crippen molar-refractivity contribution in [2.45, 2.75) is 13.0 Å². The van der Waals surface area contributed by atoms with Crippen LogP contribution in [0.15, 0.2) is 30.3 Å². The number of hydrogen-bond donors (Lipinski definition) is 0. The molecule has 1 heterocycles. The van der Waals surface area contributed by atoms with Gasteiger partial charge in [-0.05, 0) is 5.56 Å². The molecule has 1 amide bonds. The molecule has 0 unspecified atom stereocenters. The molecule has 0 saturated carbocycles. The average molecular weight is 307 g/mol. The Morgan fingerprint density at radius 3 is 2.59 bits per heavy atom. The fraction of sp³-hybridized carbons (Fsp3) is 0.400. The highest BCUT2D eigenvalue weighted by molar-refractivity contribution is 5.87. The number of methoxy groups -OCH3 is 1. The topological polar surface area (TPSA) is 82.1 Å². The van der Waals surface area contributed by atoms with Crippen molar-refractivity contribution >= 4 is 17.8 Å². The van der Waals surface area contributed by atoms with E-state index in [-0.39, 0.29) is 32.1 Å². The molecular formula is C15H17NO6. The first kappa shape index (κ1) is 16.0. The first-order valence-corrected chi connectivity index (χ1v) is 6.81. The molecule has 0 aromatic heterocycles. The molecule has 7 heteroatoms. The third kappa shape index (κ3) is 4.29. The van der Waals surface area contributed by atoms with Crippen LogP contribution in [0.2, 0.25) is 0 Å². The van der Waals surface area contributed by atoms with Crippen molar-refractivity contribution in [3.63, 3.8) is 0 Å². The number of rotatable bonds is 7. The minimum atomic E-state index is -0.571. The average Bonchev–Trinajstić information content (AvgIpc) is 2.55. The number of β-lactam (4-membered cyclic amide) rings is 1. The molecule has 1 aliphatic heterocycles. The lowest BCUT2D eigenvalue weighted by molar-refractivity contribution is -0.224. The molecule has 1 fully saturated rings. The monoisotopic (exact) mass is 307 g/mol. The predicted octanol–water partition coefficient (Wildman–Crippen LogP) is 0.683. The fourth-order valence-corrected chi connectivity index (χ4v) is 1.92. The highest BCUT2D eigenvalue weighted by Gasteiger charge is 2.39. The second-order valence-corrected chi connectivity index (χ2v) is 4.80. The summed E-state index contributed by atoms with van der Waals surface area (Å²) in [5.74, 6) is -1.80. The van der Waals surface area contributed by atoms with Gasteiger partial charge in [-0.2, -0.15) is 0 Å². The van der Waals surface area contributed by atoms with Crippen molar-refractivity contribution in [1.29, 1.82) is 0 Å². The molecule has 0 aliphatic carbocycles. The Hall–Kier alpha value is -2.41. The normalized spacial score (nSPS) is 16.9. The van der Waals surface area contributed by atoms with Gasteiger partial charge in [0.1, 0.15) is 6.61 Å². The van der Waals surface area contributed by atoms with Crippen LogP contribution in [0.5, 0.6) is 0 Å². The van der Waals surface area contributed by atoms with Gasteiger partial charge in [-0.25, -0.2) is 9.86 Å². The number of carbonyl (C=O) groups excluding carboxylic acids is 3. The van der Waals surface area contributed by atoms with Gasteiger partial charge in [0, 0.05) is 0 Å². The van der Waals surface area contributed by atoms with Crippen LogP contribution in [0.25, 0.3) is 0 Å². The van der Waals surface area contributed by atoms with E-state index in [1.165, 1.54) is 7.11 Å². The third-order valence-corrected chi connectivity index (χ3v) is 3.20. The zero-order valence-corrected chi connectivity index (χ0v) is 12.2. The predicted molar refractivity (Wildman–Crippen MR) is 74.0 cm³/mol. The highest BCUT2D eigenvalue weighted by atomic mass is 16.7. The molecule has 2 rings (SSSR count). The lowest BCUT2D eigenvalue weighted by Crippen LogP contribution is -2.53. The zero-order valence-electron chi connectivity index (χ0n) is 12.2. The van der Waals surface area contributed by atoms with E-state index in [0.29, 0.717) is 0 Å². The molecule has 0 N–H and O–H groups in total. The van der Waals surface area contributed by atoms with Crippen molar-refractivity contribution < 1.29 is 28.7 Å². The van der Waals surface area contributed by atoms with Crippen molar-refractivity contribution in [3.8, 4) is 0 Å². The number of esters is 2. The summed E-state index contributed by atoms with van der Waals surface area (Å²) in [6, 6.07) is 9.29. The van der Waals surface area contributed by atoms with Gasteiger partial charge in [-0.3, -0.25) is 14.4 Å². The Morgan fingerprint density at radius 2 is 1.95 bits per heavy atom. The molecule has 1 aromatic rings. The summed E-state index contributed by atoms with van der Waals surface area (Å²) in [6.45, 7) is 0.118. The number of carbonyl (C=O) groups is 3. The zero-order chi connectivity index (χ0) is 15.9. The van der Waals surface area contributed by atoms with Gasteiger partial charge in [-0.15, -0.1) is 0 Å². The van der Waals surface area contributed by atoms with Gasteiger partial charge in [0.05, 0.1) is 26.0 Å². The summed E-state index contributed by atoms with van der Waals surface area (Å²) in [7, 11) is 1.23. The van der Waals surface area contributed by atoms with Crippen LogP contribution in [0.4, 0.5) is 0 Å². The van der Waals surface area contributed by atoms with Crippen molar-refractivity contribution in [2.24, 2.45) is 5.92 Å². The maximum atomic E-state index is 11.7. The largest absolute Gasteiger partial charge is 0.467 e. The summed E-state index contributed by atoms with van der Waals surface area (Å²) < 4.78 is 9.50. The highest BCUT2D eigenvalue weighted by Crippen LogP contribution is 2.22. The van der Waals surface area contributed by atoms with Crippen LogP contribution in [0.1, 0.15) is 12.0 Å². The molecule has 7 nitrogen and oxygen atoms in total. The van der Waals surface area contributed by atoms with Crippen molar-refractivity contribution in [2.75, 3.05) is 20.3 Å². The van der Waals surface area contributed by atoms with E-state index in [9.17, 15) is 14.4 Å². The molecule has 118 valence electrons. The van der Waals surface area contributed by atoms with Gasteiger partial charge < -0.3 is 9.47 Å². The van der Waals surface area contributed by atoms with Crippen molar-refractivity contribution in [3.05, 3.63) is 35.9 Å². The van der Waals surface area contributed by atoms with Gasteiger partial charge >= 0.3 is 11.9 Å². The SMILES string of the molecule is COC(=O)CON1C[C@@H](CC(=O)OCc2ccccc2)C1=O. The second kappa shape index (κ2) is 7.56. The minimum absolute atomic E-state index is 0.00372. The van der Waals surface area contributed by atoms with Crippen LogP contribution < -0.4 is 0 Å². The quantitative estimate of drug-likeness (QED) is 0.544. The summed E-state index contributed by atoms with van der Waals surface area (Å²) in [5.41, 5.74) is 0.888. The summed E-state index contributed by atoms with van der Waals surface area (Å²) in [6.07, 6.45) is 0.00372. The molecule has 22 heavy (non-hydrogen) atoms. The number of hydrogen-bond acceptors (Lipinski definition) is 6. The lowest BCUT2D eigenvalue weighted by atomic mass is 9.98. The summed E-state index contributed by atoms with van der Waals surface area (Å²) >= 11 is 0. The molecule has 1 saturated heterocycles. The van der Waals surface area contributed by atoms with Gasteiger partial charge in [-0.1, -0.05) is 30.3 Å². The maximum Gasteiger partial charge on any atom is 0.334 e. The maximum absolute atomic E-state index is 11.7. The number of hydroxylamine groups is 2. The summed E-state index contributed by atoms with van der Waals surface area (Å²) in [5, 5.41) is 1.05. The Balaban J connectivity index is 1.66. The Kier molecular flexibility index (Phi) is 5.48. The first-order valence-electron chi connectivity index (χ1n) is 6.81. The first-order chi connectivity index (χ1) is 10.6. The van der Waals surface area contributed by atoms with E-state index < -0.39 is 17.9 Å². The molecule has 0 spiro atoms. The number of amides is 1. The summed E-state index contributed by atoms with van der Waals surface area (Å²) in [4.78, 5) is 39.2. The second-order valence-electron chi connectivity index (χ2n) is 4.80. The number of benzene rings is 1. The van der Waals surface area contributed by atoms with E-state index >= 15 is 0 Å². The Bertz CT molecular complexity index is 544. The van der Waals surface area contributed by atoms with E-state index in [1.54, 1.807) is 0 Å². The van der Waals surface area contributed by atoms with Crippen molar-refractivity contribution in [1.82, 2.24) is 5.06 Å². The smallest absolute Gasteiger partial charge is 0.334 e. The van der Waals surface area contributed by atoms with E-state index in [2.05, 4.69) is 4.74 Å². The van der Waals surface area contributed by atoms with Gasteiger partial charge in [0.15, 0.2) is 6.61 Å². The molecule has 0 bridgehead atoms. The van der Waals surface area contributed by atoms with Crippen LogP contribution in [-0.4, -0.2) is 43.2 Å². The van der Waals surface area contributed by atoms with Gasteiger partial charge in [0.25, 0.3) is 5.91 Å². The standard InChI is InChI=1S/C15H17NO6/c1-20-14(18)10-22-16-8-12(15(16)19)7-13(17)21-9-11-5-3-2-4-6-11/h2-6,12H,7-10H2,1H3/t12-/m1/s1. The molecular weight excluding hydrogens is 290 g/mol. The molecule has 1 aliphatic rings. The molecule has 0 radical (unpaired) electrons. The fourth-order valence-electron chi connectivity index (χ4n) is 1.92.